The first-order valence-corrected chi connectivity index (χ1v) is 5.67. The normalized spacial score (nSPS) is 12.8. The highest BCUT2D eigenvalue weighted by atomic mass is 35.5. The minimum Gasteiger partial charge on any atom is -0.383 e. The van der Waals surface area contributed by atoms with Crippen molar-refractivity contribution in [1.82, 2.24) is 5.32 Å². The maximum Gasteiger partial charge on any atom is 0.124 e. The van der Waals surface area contributed by atoms with Gasteiger partial charge < -0.3 is 10.1 Å². The molecule has 1 aromatic rings. The lowest BCUT2D eigenvalue weighted by Gasteiger charge is -2.14. The first-order valence-electron chi connectivity index (χ1n) is 5.29. The van der Waals surface area contributed by atoms with Crippen LogP contribution in [-0.2, 0) is 4.74 Å². The van der Waals surface area contributed by atoms with Crippen LogP contribution in [0.2, 0.25) is 5.02 Å². The molecule has 0 saturated carbocycles. The van der Waals surface area contributed by atoms with Gasteiger partial charge in [-0.05, 0) is 23.6 Å². The molecule has 1 atom stereocenters. The van der Waals surface area contributed by atoms with Crippen LogP contribution in [0.4, 0.5) is 4.39 Å². The van der Waals surface area contributed by atoms with Gasteiger partial charge in [0.25, 0.3) is 0 Å². The van der Waals surface area contributed by atoms with Gasteiger partial charge in [0.1, 0.15) is 5.82 Å². The van der Waals surface area contributed by atoms with E-state index in [0.717, 1.165) is 18.7 Å². The quantitative estimate of drug-likeness (QED) is 0.779. The molecule has 4 heteroatoms. The number of benzene rings is 1. The average Bonchev–Trinajstić information content (AvgIpc) is 2.24. The second kappa shape index (κ2) is 6.84. The lowest BCUT2D eigenvalue weighted by Crippen LogP contribution is -2.24. The van der Waals surface area contributed by atoms with Gasteiger partial charge in [-0.25, -0.2) is 4.39 Å². The number of rotatable bonds is 6. The minimum absolute atomic E-state index is 0.255. The Morgan fingerprint density at radius 3 is 2.88 bits per heavy atom. The molecule has 0 radical (unpaired) electrons. The Hall–Kier alpha value is -0.640. The molecule has 0 bridgehead atoms. The van der Waals surface area contributed by atoms with Crippen LogP contribution in [-0.4, -0.2) is 26.8 Å². The summed E-state index contributed by atoms with van der Waals surface area (Å²) in [5.74, 6) is -0.0433. The standard InChI is InChI=1S/C12H17ClFNO/c1-9(8-15-5-6-16-2)11-4-3-10(14)7-12(11)13/h3-4,7,9,15H,5-6,8H2,1-2H3. The smallest absolute Gasteiger partial charge is 0.124 e. The Morgan fingerprint density at radius 2 is 2.25 bits per heavy atom. The molecule has 1 N–H and O–H groups in total. The zero-order valence-corrected chi connectivity index (χ0v) is 10.4. The molecule has 90 valence electrons. The molecule has 0 aliphatic carbocycles. The van der Waals surface area contributed by atoms with Gasteiger partial charge in [0, 0.05) is 25.2 Å². The third-order valence-corrected chi connectivity index (χ3v) is 2.75. The number of halogens is 2. The minimum atomic E-state index is -0.298. The summed E-state index contributed by atoms with van der Waals surface area (Å²) < 4.78 is 17.8. The van der Waals surface area contributed by atoms with Crippen LogP contribution in [0.1, 0.15) is 18.4 Å². The molecule has 0 aliphatic heterocycles. The van der Waals surface area contributed by atoms with Crippen molar-refractivity contribution in [3.8, 4) is 0 Å². The summed E-state index contributed by atoms with van der Waals surface area (Å²) in [7, 11) is 1.67. The van der Waals surface area contributed by atoms with E-state index < -0.39 is 0 Å². The highest BCUT2D eigenvalue weighted by Gasteiger charge is 2.09. The van der Waals surface area contributed by atoms with Gasteiger partial charge in [-0.3, -0.25) is 0 Å². The summed E-state index contributed by atoms with van der Waals surface area (Å²) in [5, 5.41) is 3.74. The molecule has 0 heterocycles. The zero-order valence-electron chi connectivity index (χ0n) is 9.59. The molecule has 0 amide bonds. The molecule has 16 heavy (non-hydrogen) atoms. The Balaban J connectivity index is 2.49. The molecule has 0 aromatic heterocycles. The van der Waals surface area contributed by atoms with Crippen LogP contribution >= 0.6 is 11.6 Å². The molecule has 0 saturated heterocycles. The number of methoxy groups -OCH3 is 1. The maximum atomic E-state index is 12.8. The molecular weight excluding hydrogens is 229 g/mol. The molecule has 1 rings (SSSR count). The molecule has 2 nitrogen and oxygen atoms in total. The summed E-state index contributed by atoms with van der Waals surface area (Å²) in [5.41, 5.74) is 0.966. The number of nitrogens with one attached hydrogen (secondary N) is 1. The first-order chi connectivity index (χ1) is 7.65. The van der Waals surface area contributed by atoms with Crippen molar-refractivity contribution in [3.63, 3.8) is 0 Å². The van der Waals surface area contributed by atoms with Crippen molar-refractivity contribution in [2.75, 3.05) is 26.8 Å². The fraction of sp³-hybridized carbons (Fsp3) is 0.500. The summed E-state index contributed by atoms with van der Waals surface area (Å²) >= 11 is 5.97. The largest absolute Gasteiger partial charge is 0.383 e. The monoisotopic (exact) mass is 245 g/mol. The van der Waals surface area contributed by atoms with Crippen LogP contribution in [0.5, 0.6) is 0 Å². The molecule has 1 aromatic carbocycles. The van der Waals surface area contributed by atoms with Crippen molar-refractivity contribution in [2.45, 2.75) is 12.8 Å². The van der Waals surface area contributed by atoms with E-state index >= 15 is 0 Å². The second-order valence-electron chi connectivity index (χ2n) is 3.76. The van der Waals surface area contributed by atoms with Gasteiger partial charge in [0.05, 0.1) is 6.61 Å². The van der Waals surface area contributed by atoms with Gasteiger partial charge in [-0.1, -0.05) is 24.6 Å². The molecular formula is C12H17ClFNO. The van der Waals surface area contributed by atoms with E-state index in [1.54, 1.807) is 13.2 Å². The lowest BCUT2D eigenvalue weighted by atomic mass is 10.0. The van der Waals surface area contributed by atoms with E-state index in [1.807, 2.05) is 0 Å². The van der Waals surface area contributed by atoms with Gasteiger partial charge in [-0.15, -0.1) is 0 Å². The highest BCUT2D eigenvalue weighted by Crippen LogP contribution is 2.24. The van der Waals surface area contributed by atoms with Crippen LogP contribution in [0, 0.1) is 5.82 Å². The zero-order chi connectivity index (χ0) is 12.0. The van der Waals surface area contributed by atoms with Gasteiger partial charge in [-0.2, -0.15) is 0 Å². The predicted octanol–water partition coefficient (Wildman–Crippen LogP) is 2.82. The SMILES string of the molecule is COCCNCC(C)c1ccc(F)cc1Cl. The van der Waals surface area contributed by atoms with E-state index in [9.17, 15) is 4.39 Å². The van der Waals surface area contributed by atoms with Crippen molar-refractivity contribution >= 4 is 11.6 Å². The summed E-state index contributed by atoms with van der Waals surface area (Å²) in [6.45, 7) is 4.34. The number of hydrogen-bond donors (Lipinski definition) is 1. The van der Waals surface area contributed by atoms with Crippen LogP contribution in [0.15, 0.2) is 18.2 Å². The molecule has 1 unspecified atom stereocenters. The van der Waals surface area contributed by atoms with Gasteiger partial charge in [0.2, 0.25) is 0 Å². The van der Waals surface area contributed by atoms with E-state index in [0.29, 0.717) is 11.6 Å². The third kappa shape index (κ3) is 4.08. The van der Waals surface area contributed by atoms with Crippen molar-refractivity contribution in [1.29, 1.82) is 0 Å². The first kappa shape index (κ1) is 13.4. The number of hydrogen-bond acceptors (Lipinski definition) is 2. The lowest BCUT2D eigenvalue weighted by molar-refractivity contribution is 0.199. The van der Waals surface area contributed by atoms with E-state index in [-0.39, 0.29) is 11.7 Å². The average molecular weight is 246 g/mol. The Bertz CT molecular complexity index is 333. The fourth-order valence-corrected chi connectivity index (χ4v) is 1.86. The Morgan fingerprint density at radius 1 is 1.50 bits per heavy atom. The van der Waals surface area contributed by atoms with Gasteiger partial charge >= 0.3 is 0 Å². The summed E-state index contributed by atoms with van der Waals surface area (Å²) in [6.07, 6.45) is 0. The Labute approximate surface area is 101 Å². The van der Waals surface area contributed by atoms with E-state index in [1.165, 1.54) is 12.1 Å². The van der Waals surface area contributed by atoms with Crippen molar-refractivity contribution < 1.29 is 9.13 Å². The third-order valence-electron chi connectivity index (χ3n) is 2.43. The number of ether oxygens (including phenoxy) is 1. The maximum absolute atomic E-state index is 12.8. The van der Waals surface area contributed by atoms with Crippen molar-refractivity contribution in [3.05, 3.63) is 34.6 Å². The van der Waals surface area contributed by atoms with E-state index in [4.69, 9.17) is 16.3 Å². The molecule has 0 aliphatic rings. The summed E-state index contributed by atoms with van der Waals surface area (Å²) in [6, 6.07) is 4.52. The second-order valence-corrected chi connectivity index (χ2v) is 4.17. The van der Waals surface area contributed by atoms with Gasteiger partial charge in [0.15, 0.2) is 0 Å². The van der Waals surface area contributed by atoms with Crippen molar-refractivity contribution in [2.24, 2.45) is 0 Å². The topological polar surface area (TPSA) is 21.3 Å². The highest BCUT2D eigenvalue weighted by molar-refractivity contribution is 6.31. The van der Waals surface area contributed by atoms with Crippen LogP contribution < -0.4 is 5.32 Å². The van der Waals surface area contributed by atoms with Crippen LogP contribution in [0.3, 0.4) is 0 Å². The van der Waals surface area contributed by atoms with E-state index in [2.05, 4.69) is 12.2 Å². The fourth-order valence-electron chi connectivity index (χ4n) is 1.50. The predicted molar refractivity (Wildman–Crippen MR) is 64.6 cm³/mol. The Kier molecular flexibility index (Phi) is 5.74. The molecule has 0 fully saturated rings. The van der Waals surface area contributed by atoms with Crippen LogP contribution in [0.25, 0.3) is 0 Å². The molecule has 0 spiro atoms. The summed E-state index contributed by atoms with van der Waals surface area (Å²) in [4.78, 5) is 0.